The summed E-state index contributed by atoms with van der Waals surface area (Å²) < 4.78 is 29.2. The van der Waals surface area contributed by atoms with E-state index in [9.17, 15) is 8.42 Å². The molecule has 0 aliphatic rings. The molecule has 0 amide bonds. The summed E-state index contributed by atoms with van der Waals surface area (Å²) in [5.74, 6) is 0.740. The minimum Gasteiger partial charge on any atom is -0.454 e. The van der Waals surface area contributed by atoms with Gasteiger partial charge in [0, 0.05) is 6.07 Å². The lowest BCUT2D eigenvalue weighted by Crippen LogP contribution is -2.13. The minimum absolute atomic E-state index is 0.271. The molecule has 22 heavy (non-hydrogen) atoms. The average molecular weight is 358 g/mol. The normalized spacial score (nSPS) is 11.8. The van der Waals surface area contributed by atoms with Crippen LogP contribution in [-0.4, -0.2) is 29.1 Å². The second-order valence-electron chi connectivity index (χ2n) is 4.49. The predicted molar refractivity (Wildman–Crippen MR) is 84.3 cm³/mol. The highest BCUT2D eigenvalue weighted by Crippen LogP contribution is 2.35. The van der Waals surface area contributed by atoms with Crippen LogP contribution in [0.3, 0.4) is 0 Å². The molecule has 9 heteroatoms. The van der Waals surface area contributed by atoms with Crippen molar-refractivity contribution in [1.82, 2.24) is 14.4 Å². The highest BCUT2D eigenvalue weighted by atomic mass is 35.5. The number of hydrogen-bond acceptors (Lipinski definition) is 5. The Morgan fingerprint density at radius 2 is 1.64 bits per heavy atom. The summed E-state index contributed by atoms with van der Waals surface area (Å²) in [6.45, 7) is 0. The monoisotopic (exact) mass is 357 g/mol. The van der Waals surface area contributed by atoms with Crippen molar-refractivity contribution in [3.05, 3.63) is 46.4 Å². The van der Waals surface area contributed by atoms with Crippen molar-refractivity contribution in [2.75, 3.05) is 6.26 Å². The first-order valence-corrected chi connectivity index (χ1v) is 8.64. The Labute approximate surface area is 136 Å². The molecule has 2 aromatic carbocycles. The van der Waals surface area contributed by atoms with Crippen LogP contribution in [-0.2, 0) is 10.0 Å². The molecule has 3 aromatic rings. The number of fused-ring (bicyclic) bond motifs is 1. The van der Waals surface area contributed by atoms with Gasteiger partial charge in [-0.15, -0.1) is 10.2 Å². The Morgan fingerprint density at radius 3 is 2.27 bits per heavy atom. The van der Waals surface area contributed by atoms with E-state index in [-0.39, 0.29) is 5.02 Å². The standard InChI is InChI=1S/C13H9Cl2N3O3S/c1-22(19,20)18-16-10-6-9(15)13(7-11(10)17-18)21-12-5-3-2-4-8(12)14/h2-7H,1H3. The Hall–Kier alpha value is -1.83. The molecule has 3 rings (SSSR count). The molecule has 0 fully saturated rings. The van der Waals surface area contributed by atoms with Crippen LogP contribution in [0, 0.1) is 0 Å². The number of benzene rings is 2. The third kappa shape index (κ3) is 2.87. The molecular formula is C13H9Cl2N3O3S. The van der Waals surface area contributed by atoms with Gasteiger partial charge in [0.2, 0.25) is 0 Å². The lowest BCUT2D eigenvalue weighted by atomic mass is 10.3. The zero-order valence-corrected chi connectivity index (χ0v) is 13.5. The summed E-state index contributed by atoms with van der Waals surface area (Å²) in [5, 5.41) is 8.46. The fraction of sp³-hybridized carbons (Fsp3) is 0.0769. The summed E-state index contributed by atoms with van der Waals surface area (Å²) in [5.41, 5.74) is 0.693. The van der Waals surface area contributed by atoms with Crippen molar-refractivity contribution in [2.45, 2.75) is 0 Å². The molecule has 0 N–H and O–H groups in total. The van der Waals surface area contributed by atoms with Crippen LogP contribution in [0.5, 0.6) is 11.5 Å². The Bertz CT molecular complexity index is 970. The van der Waals surface area contributed by atoms with Crippen LogP contribution in [0.25, 0.3) is 11.0 Å². The molecule has 0 radical (unpaired) electrons. The van der Waals surface area contributed by atoms with Crippen molar-refractivity contribution < 1.29 is 13.2 Å². The predicted octanol–water partition coefficient (Wildman–Crippen LogP) is 3.34. The molecule has 0 unspecified atom stereocenters. The second kappa shape index (κ2) is 5.42. The van der Waals surface area contributed by atoms with Crippen LogP contribution in [0.4, 0.5) is 0 Å². The highest BCUT2D eigenvalue weighted by Gasteiger charge is 2.15. The zero-order valence-electron chi connectivity index (χ0n) is 11.2. The maximum atomic E-state index is 11.5. The average Bonchev–Trinajstić information content (AvgIpc) is 2.84. The van der Waals surface area contributed by atoms with Crippen LogP contribution >= 0.6 is 23.2 Å². The minimum atomic E-state index is -3.57. The lowest BCUT2D eigenvalue weighted by Gasteiger charge is -2.08. The molecule has 0 saturated heterocycles. The number of nitrogens with zero attached hydrogens (tertiary/aromatic N) is 3. The fourth-order valence-corrected chi connectivity index (χ4v) is 2.61. The molecule has 114 valence electrons. The van der Waals surface area contributed by atoms with Gasteiger partial charge in [-0.1, -0.05) is 39.5 Å². The first kappa shape index (κ1) is 15.1. The van der Waals surface area contributed by atoms with Gasteiger partial charge in [-0.25, -0.2) is 8.42 Å². The molecule has 0 saturated carbocycles. The highest BCUT2D eigenvalue weighted by molar-refractivity contribution is 7.88. The molecule has 1 heterocycles. The van der Waals surface area contributed by atoms with E-state index in [0.29, 0.717) is 31.8 Å². The van der Waals surface area contributed by atoms with Gasteiger partial charge in [0.25, 0.3) is 10.0 Å². The molecule has 0 aliphatic heterocycles. The topological polar surface area (TPSA) is 74.1 Å². The maximum Gasteiger partial charge on any atom is 0.267 e. The van der Waals surface area contributed by atoms with Crippen LogP contribution in [0.15, 0.2) is 36.4 Å². The van der Waals surface area contributed by atoms with Gasteiger partial charge in [-0.05, 0) is 18.2 Å². The van der Waals surface area contributed by atoms with Crippen molar-refractivity contribution in [2.24, 2.45) is 0 Å². The molecule has 0 aliphatic carbocycles. The van der Waals surface area contributed by atoms with E-state index in [1.165, 1.54) is 12.1 Å². The molecule has 0 bridgehead atoms. The van der Waals surface area contributed by atoms with E-state index < -0.39 is 10.0 Å². The van der Waals surface area contributed by atoms with Gasteiger partial charge in [0.15, 0.2) is 0 Å². The third-order valence-corrected chi connectivity index (χ3v) is 4.13. The van der Waals surface area contributed by atoms with Crippen molar-refractivity contribution >= 4 is 44.3 Å². The molecular weight excluding hydrogens is 349 g/mol. The first-order valence-electron chi connectivity index (χ1n) is 6.04. The van der Waals surface area contributed by atoms with Gasteiger partial charge in [0.1, 0.15) is 22.5 Å². The number of para-hydroxylation sites is 1. The largest absolute Gasteiger partial charge is 0.454 e. The molecule has 0 spiro atoms. The fourth-order valence-electron chi connectivity index (χ4n) is 1.77. The lowest BCUT2D eigenvalue weighted by molar-refractivity contribution is 0.484. The molecule has 6 nitrogen and oxygen atoms in total. The Kier molecular flexibility index (Phi) is 3.72. The van der Waals surface area contributed by atoms with Crippen molar-refractivity contribution in [1.29, 1.82) is 0 Å². The van der Waals surface area contributed by atoms with E-state index in [0.717, 1.165) is 6.26 Å². The van der Waals surface area contributed by atoms with Gasteiger partial charge in [0.05, 0.1) is 16.3 Å². The van der Waals surface area contributed by atoms with E-state index in [2.05, 4.69) is 10.2 Å². The van der Waals surface area contributed by atoms with Crippen LogP contribution in [0.2, 0.25) is 10.0 Å². The van der Waals surface area contributed by atoms with Gasteiger partial charge in [-0.2, -0.15) is 0 Å². The number of rotatable bonds is 3. The quantitative estimate of drug-likeness (QED) is 0.718. The third-order valence-electron chi connectivity index (χ3n) is 2.77. The van der Waals surface area contributed by atoms with E-state index in [1.54, 1.807) is 24.3 Å². The van der Waals surface area contributed by atoms with E-state index >= 15 is 0 Å². The Morgan fingerprint density at radius 1 is 1.00 bits per heavy atom. The second-order valence-corrected chi connectivity index (χ2v) is 7.10. The van der Waals surface area contributed by atoms with E-state index in [1.807, 2.05) is 0 Å². The van der Waals surface area contributed by atoms with Gasteiger partial charge in [-0.3, -0.25) is 0 Å². The molecule has 0 atom stereocenters. The van der Waals surface area contributed by atoms with Crippen LogP contribution in [0.1, 0.15) is 0 Å². The summed E-state index contributed by atoms with van der Waals surface area (Å²) in [6.07, 6.45) is 1.01. The summed E-state index contributed by atoms with van der Waals surface area (Å²) in [6, 6.07) is 9.91. The summed E-state index contributed by atoms with van der Waals surface area (Å²) in [4.78, 5) is 0. The van der Waals surface area contributed by atoms with Gasteiger partial charge < -0.3 is 4.74 Å². The molecule has 1 aromatic heterocycles. The van der Waals surface area contributed by atoms with Crippen LogP contribution < -0.4 is 4.74 Å². The number of hydrogen-bond donors (Lipinski definition) is 0. The maximum absolute atomic E-state index is 11.5. The van der Waals surface area contributed by atoms with Gasteiger partial charge >= 0.3 is 0 Å². The SMILES string of the molecule is CS(=O)(=O)n1nc2cc(Cl)c(Oc3ccccc3Cl)cc2n1. The first-order chi connectivity index (χ1) is 10.3. The smallest absolute Gasteiger partial charge is 0.267 e. The number of ether oxygens (including phenoxy) is 1. The van der Waals surface area contributed by atoms with Crippen molar-refractivity contribution in [3.8, 4) is 11.5 Å². The van der Waals surface area contributed by atoms with Crippen molar-refractivity contribution in [3.63, 3.8) is 0 Å². The number of aromatic nitrogens is 3. The summed E-state index contributed by atoms with van der Waals surface area (Å²) >= 11 is 12.2. The zero-order chi connectivity index (χ0) is 15.9. The Balaban J connectivity index is 2.07. The summed E-state index contributed by atoms with van der Waals surface area (Å²) in [7, 11) is -3.57. The van der Waals surface area contributed by atoms with E-state index in [4.69, 9.17) is 27.9 Å². The number of halogens is 2.